The number of nitrogens with zero attached hydrogens (tertiary/aromatic N) is 1. The Morgan fingerprint density at radius 3 is 0.810 bits per heavy atom. The highest BCUT2D eigenvalue weighted by Gasteiger charge is 2.22. The third kappa shape index (κ3) is 86.0. The van der Waals surface area contributed by atoms with Crippen LogP contribution in [0.25, 0.3) is 0 Å². The first-order valence-corrected chi connectivity index (χ1v) is 43.6. The fourth-order valence-corrected chi connectivity index (χ4v) is 12.2. The number of aliphatic carboxylic acids is 1. The largest absolute Gasteiger partial charge is 0.545 e. The average molecular weight is 1460 g/mol. The molecule has 2 unspecified atom stereocenters. The molecule has 2 atom stereocenters. The van der Waals surface area contributed by atoms with Crippen molar-refractivity contribution in [3.05, 3.63) is 158 Å². The number of unbranched alkanes of at least 4 members (excludes halogenated alkanes) is 39. The highest BCUT2D eigenvalue weighted by atomic mass is 16.7. The lowest BCUT2D eigenvalue weighted by Crippen LogP contribution is -2.44. The number of hydrogen-bond donors (Lipinski definition) is 0. The summed E-state index contributed by atoms with van der Waals surface area (Å²) in [6, 6.07) is 0. The molecule has 0 spiro atoms. The molecule has 0 aliphatic rings. The molecule has 0 aliphatic heterocycles. The van der Waals surface area contributed by atoms with E-state index in [9.17, 15) is 19.5 Å². The van der Waals surface area contributed by atoms with Gasteiger partial charge in [0.2, 0.25) is 0 Å². The SMILES string of the molecule is CC/C=C\C/C=C\C/C=C\C/C=C\C/C=C\C/C=C\C/C=C\C/C=C\C/C=C\C/C=C\C/C=C\CCCCCCCC(=O)OC(COC(=O)CCCCCCCCCCCCCCCCCCCCCCCCCCCCCCC/C=C\C/C=C\CCCCCCC)COC(OCC[N+](C)(C)C)C(=O)[O-]. The van der Waals surface area contributed by atoms with Gasteiger partial charge in [-0.2, -0.15) is 0 Å². The Kier molecular flexibility index (Phi) is 80.4. The first kappa shape index (κ1) is 99.9. The van der Waals surface area contributed by atoms with Gasteiger partial charge >= 0.3 is 11.9 Å². The average Bonchev–Trinajstić information content (AvgIpc) is 1.97. The molecule has 0 fully saturated rings. The molecule has 0 rings (SSSR count). The number of carbonyl (C=O) groups excluding carboxylic acids is 3. The monoisotopic (exact) mass is 1460 g/mol. The van der Waals surface area contributed by atoms with Gasteiger partial charge in [-0.1, -0.05) is 390 Å². The zero-order valence-corrected chi connectivity index (χ0v) is 68.8. The number of likely N-dealkylation sites (N-methyl/N-ethyl adjacent to an activating group) is 1. The summed E-state index contributed by atoms with van der Waals surface area (Å²) in [7, 11) is 5.93. The maximum Gasteiger partial charge on any atom is 0.306 e. The second kappa shape index (κ2) is 84.5. The minimum atomic E-state index is -1.64. The normalized spacial score (nSPS) is 13.4. The van der Waals surface area contributed by atoms with Crippen LogP contribution in [0.2, 0.25) is 0 Å². The summed E-state index contributed by atoms with van der Waals surface area (Å²) in [5.41, 5.74) is 0. The molecule has 600 valence electrons. The molecule has 0 N–H and O–H groups in total. The van der Waals surface area contributed by atoms with Crippen LogP contribution in [-0.2, 0) is 33.3 Å². The predicted molar refractivity (Wildman–Crippen MR) is 453 cm³/mol. The summed E-state index contributed by atoms with van der Waals surface area (Å²) in [5, 5.41) is 11.9. The van der Waals surface area contributed by atoms with E-state index in [-0.39, 0.29) is 38.6 Å². The first-order chi connectivity index (χ1) is 51.6. The Morgan fingerprint density at radius 2 is 0.543 bits per heavy atom. The molecule has 0 aliphatic carbocycles. The fraction of sp³-hybridized carbons (Fsp3) is 0.698. The summed E-state index contributed by atoms with van der Waals surface area (Å²) in [5.74, 6) is -2.31. The van der Waals surface area contributed by atoms with Gasteiger partial charge in [0.05, 0.1) is 40.3 Å². The van der Waals surface area contributed by atoms with Gasteiger partial charge in [-0.05, 0) is 128 Å². The number of ether oxygens (including phenoxy) is 4. The van der Waals surface area contributed by atoms with Crippen molar-refractivity contribution in [2.24, 2.45) is 0 Å². The Morgan fingerprint density at radius 1 is 0.295 bits per heavy atom. The quantitative estimate of drug-likeness (QED) is 0.0195. The van der Waals surface area contributed by atoms with Crippen LogP contribution < -0.4 is 5.11 Å². The van der Waals surface area contributed by atoms with E-state index in [0.717, 1.165) is 128 Å². The van der Waals surface area contributed by atoms with Crippen molar-refractivity contribution in [1.29, 1.82) is 0 Å². The van der Waals surface area contributed by atoms with Crippen LogP contribution in [-0.4, -0.2) is 82.3 Å². The van der Waals surface area contributed by atoms with Crippen molar-refractivity contribution in [2.75, 3.05) is 47.5 Å². The topological polar surface area (TPSA) is 111 Å². The molecule has 0 radical (unpaired) electrons. The van der Waals surface area contributed by atoms with Gasteiger partial charge in [-0.15, -0.1) is 0 Å². The van der Waals surface area contributed by atoms with Crippen LogP contribution in [0.4, 0.5) is 0 Å². The molecule has 0 bridgehead atoms. The van der Waals surface area contributed by atoms with Crippen LogP contribution in [0.1, 0.15) is 373 Å². The van der Waals surface area contributed by atoms with Gasteiger partial charge in [0, 0.05) is 12.8 Å². The minimum absolute atomic E-state index is 0.138. The molecular weight excluding hydrogens is 1300 g/mol. The second-order valence-electron chi connectivity index (χ2n) is 30.1. The van der Waals surface area contributed by atoms with Crippen LogP contribution in [0.5, 0.6) is 0 Å². The maximum atomic E-state index is 13.0. The Bertz CT molecular complexity index is 2300. The van der Waals surface area contributed by atoms with Crippen molar-refractivity contribution >= 4 is 17.9 Å². The number of carboxylic acid groups (broad SMARTS) is 1. The van der Waals surface area contributed by atoms with Gasteiger partial charge in [0.25, 0.3) is 0 Å². The zero-order valence-electron chi connectivity index (χ0n) is 68.8. The van der Waals surface area contributed by atoms with Crippen LogP contribution in [0.15, 0.2) is 158 Å². The standard InChI is InChI=1S/C96H163NO8/c1-6-8-10-12-14-16-18-20-22-24-26-28-30-32-34-36-38-40-42-44-46-47-49-50-52-54-56-58-60-62-64-66-68-70-72-74-76-78-80-82-84-86-93(98)103-90-92(91-104-96(95(100)101)102-89-88-97(3,4)5)105-94(99)87-85-83-81-79-77-75-73-71-69-67-65-63-61-59-57-55-53-51-48-45-43-41-39-37-35-33-31-29-27-25-23-21-19-17-15-13-11-9-7-2/h9,11,15,17-18,20-21,23-24,26-27,29,33,35,39,41,45,48,53,55,59,61,65,67,71,73,92,96H,6-8,10,12-14,16,19,22,25,28,30-32,34,36-38,40,42-44,46-47,49-52,54,56-58,60,62-64,66,68-70,72,74-91H2,1-5H3/b11-9-,17-15-,20-18-,23-21-,26-24-,29-27-,35-33-,41-39-,48-45-,55-53-,61-59-,67-65-,73-71-. The molecule has 0 aromatic rings. The number of hydrogen-bond acceptors (Lipinski definition) is 8. The highest BCUT2D eigenvalue weighted by Crippen LogP contribution is 2.19. The van der Waals surface area contributed by atoms with Crippen molar-refractivity contribution in [1.82, 2.24) is 0 Å². The smallest absolute Gasteiger partial charge is 0.306 e. The van der Waals surface area contributed by atoms with E-state index in [1.807, 2.05) is 21.1 Å². The number of carbonyl (C=O) groups is 3. The molecule has 0 saturated heterocycles. The summed E-state index contributed by atoms with van der Waals surface area (Å²) in [6.07, 6.45) is 123. The number of carboxylic acids is 1. The number of rotatable bonds is 80. The maximum absolute atomic E-state index is 13.0. The van der Waals surface area contributed by atoms with Crippen LogP contribution in [0, 0.1) is 0 Å². The molecule has 105 heavy (non-hydrogen) atoms. The van der Waals surface area contributed by atoms with Crippen LogP contribution >= 0.6 is 0 Å². The lowest BCUT2D eigenvalue weighted by molar-refractivity contribution is -0.870. The lowest BCUT2D eigenvalue weighted by Gasteiger charge is -2.26. The summed E-state index contributed by atoms with van der Waals surface area (Å²) >= 11 is 0. The predicted octanol–water partition coefficient (Wildman–Crippen LogP) is 27.4. The summed E-state index contributed by atoms with van der Waals surface area (Å²) < 4.78 is 22.9. The van der Waals surface area contributed by atoms with Gasteiger partial charge in [0.1, 0.15) is 13.2 Å². The molecule has 0 aromatic carbocycles. The fourth-order valence-electron chi connectivity index (χ4n) is 12.2. The zero-order chi connectivity index (χ0) is 76.0. The molecule has 0 aromatic heterocycles. The van der Waals surface area contributed by atoms with Gasteiger partial charge < -0.3 is 33.3 Å². The number of esters is 2. The highest BCUT2D eigenvalue weighted by molar-refractivity contribution is 5.70. The Balaban J connectivity index is 4.05. The van der Waals surface area contributed by atoms with E-state index in [4.69, 9.17) is 18.9 Å². The third-order valence-corrected chi connectivity index (χ3v) is 18.8. The molecular formula is C96H163NO8. The van der Waals surface area contributed by atoms with Crippen molar-refractivity contribution in [3.8, 4) is 0 Å². The third-order valence-electron chi connectivity index (χ3n) is 18.8. The summed E-state index contributed by atoms with van der Waals surface area (Å²) in [4.78, 5) is 37.7. The van der Waals surface area contributed by atoms with E-state index in [1.165, 1.54) is 212 Å². The lowest BCUT2D eigenvalue weighted by atomic mass is 10.0. The van der Waals surface area contributed by atoms with E-state index < -0.39 is 24.3 Å². The van der Waals surface area contributed by atoms with E-state index in [2.05, 4.69) is 172 Å². The molecule has 9 nitrogen and oxygen atoms in total. The summed E-state index contributed by atoms with van der Waals surface area (Å²) in [6.45, 7) is 4.62. The van der Waals surface area contributed by atoms with E-state index in [0.29, 0.717) is 17.4 Å². The van der Waals surface area contributed by atoms with Crippen LogP contribution in [0.3, 0.4) is 0 Å². The first-order valence-electron chi connectivity index (χ1n) is 43.6. The van der Waals surface area contributed by atoms with E-state index >= 15 is 0 Å². The number of allylic oxidation sites excluding steroid dienone is 26. The van der Waals surface area contributed by atoms with E-state index in [1.54, 1.807) is 0 Å². The van der Waals surface area contributed by atoms with Crippen molar-refractivity contribution < 1.29 is 42.9 Å². The molecule has 0 amide bonds. The Hall–Kier alpha value is -5.09. The minimum Gasteiger partial charge on any atom is -0.545 e. The molecule has 0 heterocycles. The second-order valence-corrected chi connectivity index (χ2v) is 30.1. The Labute approximate surface area is 648 Å². The van der Waals surface area contributed by atoms with Gasteiger partial charge in [-0.3, -0.25) is 9.59 Å². The van der Waals surface area contributed by atoms with Gasteiger partial charge in [0.15, 0.2) is 12.4 Å². The molecule has 9 heteroatoms. The van der Waals surface area contributed by atoms with Crippen molar-refractivity contribution in [2.45, 2.75) is 386 Å². The van der Waals surface area contributed by atoms with Crippen molar-refractivity contribution in [3.63, 3.8) is 0 Å². The van der Waals surface area contributed by atoms with Gasteiger partial charge in [-0.25, -0.2) is 0 Å². The number of quaternary nitrogens is 1. The molecule has 0 saturated carbocycles.